The number of amides is 1. The zero-order chi connectivity index (χ0) is 16.2. The summed E-state index contributed by atoms with van der Waals surface area (Å²) >= 11 is 0. The first-order valence-corrected chi connectivity index (χ1v) is 8.04. The van der Waals surface area contributed by atoms with Gasteiger partial charge in [0.15, 0.2) is 0 Å². The van der Waals surface area contributed by atoms with E-state index in [9.17, 15) is 14.7 Å². The maximum atomic E-state index is 12.1. The van der Waals surface area contributed by atoms with Crippen molar-refractivity contribution in [2.75, 3.05) is 0 Å². The van der Waals surface area contributed by atoms with E-state index in [4.69, 9.17) is 0 Å². The number of carbonyl (C=O) groups excluding carboxylic acids is 1. The van der Waals surface area contributed by atoms with Gasteiger partial charge in [0.2, 0.25) is 5.91 Å². The quantitative estimate of drug-likeness (QED) is 0.812. The maximum Gasteiger partial charge on any atom is 0.329 e. The third-order valence-corrected chi connectivity index (χ3v) is 4.62. The van der Waals surface area contributed by atoms with Gasteiger partial charge in [0.1, 0.15) is 5.54 Å². The van der Waals surface area contributed by atoms with Crippen molar-refractivity contribution in [3.8, 4) is 0 Å². The summed E-state index contributed by atoms with van der Waals surface area (Å²) in [5.74, 6) is -0.196. The zero-order valence-corrected chi connectivity index (χ0v) is 13.3. The molecule has 0 heterocycles. The fraction of sp³-hybridized carbons (Fsp3) is 0.556. The fourth-order valence-corrected chi connectivity index (χ4v) is 3.24. The topological polar surface area (TPSA) is 66.4 Å². The van der Waals surface area contributed by atoms with E-state index in [1.54, 1.807) is 6.92 Å². The average Bonchev–Trinajstić information content (AvgIpc) is 2.43. The van der Waals surface area contributed by atoms with E-state index >= 15 is 0 Å². The molecule has 1 aromatic rings. The Kier molecular flexibility index (Phi) is 5.22. The first-order valence-electron chi connectivity index (χ1n) is 8.04. The van der Waals surface area contributed by atoms with E-state index in [1.165, 1.54) is 5.56 Å². The zero-order valence-electron chi connectivity index (χ0n) is 13.3. The summed E-state index contributed by atoms with van der Waals surface area (Å²) in [5, 5.41) is 12.0. The summed E-state index contributed by atoms with van der Waals surface area (Å²) in [6, 6.07) is 10.3. The number of carbonyl (C=O) groups is 2. The highest BCUT2D eigenvalue weighted by Crippen LogP contribution is 2.43. The summed E-state index contributed by atoms with van der Waals surface area (Å²) in [4.78, 5) is 23.4. The molecular weight excluding hydrogens is 278 g/mol. The molecule has 1 aromatic carbocycles. The summed E-state index contributed by atoms with van der Waals surface area (Å²) in [5.41, 5.74) is 0.189. The van der Waals surface area contributed by atoms with E-state index < -0.39 is 11.5 Å². The van der Waals surface area contributed by atoms with Gasteiger partial charge < -0.3 is 10.4 Å². The third-order valence-electron chi connectivity index (χ3n) is 4.62. The van der Waals surface area contributed by atoms with Crippen molar-refractivity contribution in [1.29, 1.82) is 0 Å². The van der Waals surface area contributed by atoms with E-state index in [1.807, 2.05) is 25.1 Å². The van der Waals surface area contributed by atoms with Crippen LogP contribution >= 0.6 is 0 Å². The molecule has 1 fully saturated rings. The van der Waals surface area contributed by atoms with Crippen LogP contribution in [0.15, 0.2) is 30.3 Å². The lowest BCUT2D eigenvalue weighted by atomic mass is 9.70. The Morgan fingerprint density at radius 3 is 2.45 bits per heavy atom. The molecule has 22 heavy (non-hydrogen) atoms. The SMILES string of the molecule is CCCC(C)(NC(=O)CC1CC(c2ccccc2)C1)C(=O)O. The highest BCUT2D eigenvalue weighted by Gasteiger charge is 2.36. The second-order valence-electron chi connectivity index (χ2n) is 6.58. The number of rotatable bonds is 7. The van der Waals surface area contributed by atoms with Gasteiger partial charge >= 0.3 is 5.97 Å². The Hall–Kier alpha value is -1.84. The first kappa shape index (κ1) is 16.5. The fourth-order valence-electron chi connectivity index (χ4n) is 3.24. The molecule has 0 aromatic heterocycles. The lowest BCUT2D eigenvalue weighted by Crippen LogP contribution is -2.52. The molecule has 4 nitrogen and oxygen atoms in total. The Labute approximate surface area is 131 Å². The molecule has 1 aliphatic rings. The average molecular weight is 303 g/mol. The minimum Gasteiger partial charge on any atom is -0.480 e. The molecule has 1 aliphatic carbocycles. The van der Waals surface area contributed by atoms with Gasteiger partial charge in [-0.3, -0.25) is 4.79 Å². The summed E-state index contributed by atoms with van der Waals surface area (Å²) in [6.45, 7) is 3.51. The largest absolute Gasteiger partial charge is 0.480 e. The van der Waals surface area contributed by atoms with E-state index in [0.29, 0.717) is 24.7 Å². The predicted octanol–water partition coefficient (Wildman–Crippen LogP) is 3.33. The van der Waals surface area contributed by atoms with Gasteiger partial charge in [-0.05, 0) is 43.6 Å². The molecule has 2 rings (SSSR count). The summed E-state index contributed by atoms with van der Waals surface area (Å²) in [6.07, 6.45) is 3.62. The van der Waals surface area contributed by atoms with Crippen LogP contribution in [0.5, 0.6) is 0 Å². The lowest BCUT2D eigenvalue weighted by Gasteiger charge is -2.36. The smallest absolute Gasteiger partial charge is 0.329 e. The van der Waals surface area contributed by atoms with Crippen molar-refractivity contribution in [1.82, 2.24) is 5.32 Å². The van der Waals surface area contributed by atoms with Crippen molar-refractivity contribution >= 4 is 11.9 Å². The van der Waals surface area contributed by atoms with Crippen molar-refractivity contribution in [3.63, 3.8) is 0 Å². The molecule has 1 unspecified atom stereocenters. The molecule has 2 N–H and O–H groups in total. The maximum absolute atomic E-state index is 12.1. The van der Waals surface area contributed by atoms with Crippen LogP contribution in [0, 0.1) is 5.92 Å². The molecule has 120 valence electrons. The summed E-state index contributed by atoms with van der Waals surface area (Å²) in [7, 11) is 0. The van der Waals surface area contributed by atoms with E-state index in [-0.39, 0.29) is 5.91 Å². The molecule has 0 radical (unpaired) electrons. The number of nitrogens with one attached hydrogen (secondary N) is 1. The van der Waals surface area contributed by atoms with Gasteiger partial charge in [-0.2, -0.15) is 0 Å². The second kappa shape index (κ2) is 6.95. The molecule has 0 aliphatic heterocycles. The number of carboxylic acids is 1. The molecule has 4 heteroatoms. The van der Waals surface area contributed by atoms with Gasteiger partial charge in [-0.15, -0.1) is 0 Å². The minimum absolute atomic E-state index is 0.144. The van der Waals surface area contributed by atoms with Gasteiger partial charge in [-0.25, -0.2) is 4.79 Å². The van der Waals surface area contributed by atoms with Crippen molar-refractivity contribution in [2.24, 2.45) is 5.92 Å². The molecule has 0 bridgehead atoms. The molecular formula is C18H25NO3. The Morgan fingerprint density at radius 1 is 1.27 bits per heavy atom. The summed E-state index contributed by atoms with van der Waals surface area (Å²) < 4.78 is 0. The highest BCUT2D eigenvalue weighted by atomic mass is 16.4. The van der Waals surface area contributed by atoms with Crippen LogP contribution < -0.4 is 5.32 Å². The number of benzene rings is 1. The van der Waals surface area contributed by atoms with Gasteiger partial charge in [0.25, 0.3) is 0 Å². The Bertz CT molecular complexity index is 522. The van der Waals surface area contributed by atoms with Gasteiger partial charge in [-0.1, -0.05) is 43.7 Å². The highest BCUT2D eigenvalue weighted by molar-refractivity contribution is 5.86. The molecule has 1 saturated carbocycles. The van der Waals surface area contributed by atoms with Crippen LogP contribution in [0.1, 0.15) is 57.4 Å². The van der Waals surface area contributed by atoms with Crippen LogP contribution in [0.3, 0.4) is 0 Å². The lowest BCUT2D eigenvalue weighted by molar-refractivity contribution is -0.147. The molecule has 0 spiro atoms. The Morgan fingerprint density at radius 2 is 1.91 bits per heavy atom. The molecule has 1 atom stereocenters. The number of carboxylic acid groups (broad SMARTS) is 1. The minimum atomic E-state index is -1.14. The molecule has 1 amide bonds. The van der Waals surface area contributed by atoms with E-state index in [0.717, 1.165) is 19.3 Å². The van der Waals surface area contributed by atoms with Crippen LogP contribution in [0.2, 0.25) is 0 Å². The predicted molar refractivity (Wildman–Crippen MR) is 85.6 cm³/mol. The molecule has 0 saturated heterocycles. The number of aliphatic carboxylic acids is 1. The monoisotopic (exact) mass is 303 g/mol. The Balaban J connectivity index is 1.81. The second-order valence-corrected chi connectivity index (χ2v) is 6.58. The van der Waals surface area contributed by atoms with Crippen molar-refractivity contribution in [2.45, 2.75) is 57.4 Å². The van der Waals surface area contributed by atoms with Crippen molar-refractivity contribution < 1.29 is 14.7 Å². The number of hydrogen-bond acceptors (Lipinski definition) is 2. The van der Waals surface area contributed by atoms with E-state index in [2.05, 4.69) is 17.4 Å². The standard InChI is InChI=1S/C18H25NO3/c1-3-9-18(2,17(21)22)19-16(20)12-13-10-15(11-13)14-7-5-4-6-8-14/h4-8,13,15H,3,9-12H2,1-2H3,(H,19,20)(H,21,22). The van der Waals surface area contributed by atoms with Gasteiger partial charge in [0, 0.05) is 6.42 Å². The normalized spacial score (nSPS) is 23.2. The third kappa shape index (κ3) is 3.87. The van der Waals surface area contributed by atoms with Crippen LogP contribution in [0.4, 0.5) is 0 Å². The van der Waals surface area contributed by atoms with Crippen molar-refractivity contribution in [3.05, 3.63) is 35.9 Å². The van der Waals surface area contributed by atoms with Crippen LogP contribution in [0.25, 0.3) is 0 Å². The first-order chi connectivity index (χ1) is 10.4. The van der Waals surface area contributed by atoms with Crippen LogP contribution in [-0.4, -0.2) is 22.5 Å². The number of hydrogen-bond donors (Lipinski definition) is 2. The van der Waals surface area contributed by atoms with Crippen LogP contribution in [-0.2, 0) is 9.59 Å². The van der Waals surface area contributed by atoms with Gasteiger partial charge in [0.05, 0.1) is 0 Å².